The number of nitrogens with one attached hydrogen (secondary N) is 1. The van der Waals surface area contributed by atoms with Crippen LogP contribution in [0.15, 0.2) is 66.1 Å². The average molecular weight is 485 g/mol. The van der Waals surface area contributed by atoms with Crippen LogP contribution in [0.2, 0.25) is 0 Å². The predicted molar refractivity (Wildman–Crippen MR) is 119 cm³/mol. The second-order valence-corrected chi connectivity index (χ2v) is 9.50. The fourth-order valence-corrected chi connectivity index (χ4v) is 5.89. The number of hydrogen-bond donors (Lipinski definition) is 3. The van der Waals surface area contributed by atoms with E-state index in [1.54, 1.807) is 30.3 Å². The van der Waals surface area contributed by atoms with E-state index in [1.807, 2.05) is 0 Å². The zero-order valence-electron chi connectivity index (χ0n) is 17.5. The van der Waals surface area contributed by atoms with Gasteiger partial charge in [0, 0.05) is 12.1 Å². The monoisotopic (exact) mass is 485 g/mol. The summed E-state index contributed by atoms with van der Waals surface area (Å²) in [6.45, 7) is 0. The average Bonchev–Trinajstić information content (AvgIpc) is 2.81. The number of nitrogens with zero attached hydrogens (tertiary/aromatic N) is 2. The first-order chi connectivity index (χ1) is 16.2. The van der Waals surface area contributed by atoms with Crippen molar-refractivity contribution in [3.05, 3.63) is 87.3 Å². The molecule has 1 saturated heterocycles. The molecule has 0 spiro atoms. The zero-order valence-corrected chi connectivity index (χ0v) is 18.3. The summed E-state index contributed by atoms with van der Waals surface area (Å²) >= 11 is 0. The lowest BCUT2D eigenvalue weighted by Crippen LogP contribution is -2.74. The first kappa shape index (κ1) is 23.1. The number of rotatable bonds is 7. The Morgan fingerprint density at radius 2 is 1.74 bits per heavy atom. The van der Waals surface area contributed by atoms with Gasteiger partial charge in [-0.2, -0.15) is 0 Å². The standard InChI is InChI=1S/C22H19N3O8S/c26-16(11-12-4-2-1-3-5-12)23-17-20(28)24-18(22(29)30)19(27)15(34(33)21(17)24)10-13-6-8-14(9-7-13)25(31)32/h1-9,15,17,21,27H,10-11H2,(H,23,26)(H,29,30)/t15?,17?,21-,34?/m1/s1. The minimum Gasteiger partial charge on any atom is -0.509 e. The van der Waals surface area contributed by atoms with E-state index in [0.29, 0.717) is 11.1 Å². The van der Waals surface area contributed by atoms with Crippen molar-refractivity contribution >= 4 is 34.3 Å². The van der Waals surface area contributed by atoms with E-state index >= 15 is 0 Å². The summed E-state index contributed by atoms with van der Waals surface area (Å²) in [6.07, 6.45) is -0.112. The summed E-state index contributed by atoms with van der Waals surface area (Å²) in [5.74, 6) is -3.57. The molecule has 0 aliphatic carbocycles. The smallest absolute Gasteiger partial charge is 0.356 e. The predicted octanol–water partition coefficient (Wildman–Crippen LogP) is 1.02. The van der Waals surface area contributed by atoms with Gasteiger partial charge in [-0.05, 0) is 17.5 Å². The van der Waals surface area contributed by atoms with Crippen molar-refractivity contribution < 1.29 is 33.7 Å². The van der Waals surface area contributed by atoms with Crippen LogP contribution in [0.5, 0.6) is 0 Å². The number of aliphatic carboxylic acids is 1. The lowest BCUT2D eigenvalue weighted by molar-refractivity contribution is -0.384. The molecule has 4 rings (SSSR count). The van der Waals surface area contributed by atoms with Gasteiger partial charge in [0.2, 0.25) is 5.91 Å². The molecule has 0 bridgehead atoms. The summed E-state index contributed by atoms with van der Waals surface area (Å²) in [5.41, 5.74) is 0.337. The Labute approximate surface area is 195 Å². The van der Waals surface area contributed by atoms with Gasteiger partial charge in [0.1, 0.15) is 22.4 Å². The van der Waals surface area contributed by atoms with Gasteiger partial charge in [0.15, 0.2) is 5.70 Å². The number of carbonyl (C=O) groups excluding carboxylic acids is 2. The number of nitro benzene ring substituents is 1. The lowest BCUT2D eigenvalue weighted by Gasteiger charge is -2.50. The third kappa shape index (κ3) is 4.15. The molecule has 12 heteroatoms. The highest BCUT2D eigenvalue weighted by molar-refractivity contribution is 7.86. The highest BCUT2D eigenvalue weighted by Gasteiger charge is 2.60. The molecule has 176 valence electrons. The van der Waals surface area contributed by atoms with Crippen LogP contribution in [-0.4, -0.2) is 58.7 Å². The van der Waals surface area contributed by atoms with E-state index in [-0.39, 0.29) is 18.5 Å². The molecule has 0 aromatic heterocycles. The Balaban J connectivity index is 1.57. The summed E-state index contributed by atoms with van der Waals surface area (Å²) in [7, 11) is -1.98. The van der Waals surface area contributed by atoms with Crippen LogP contribution in [-0.2, 0) is 38.0 Å². The van der Waals surface area contributed by atoms with E-state index in [0.717, 1.165) is 4.90 Å². The number of β-lactam (4-membered cyclic amide) rings is 1. The van der Waals surface area contributed by atoms with Gasteiger partial charge in [-0.25, -0.2) is 4.79 Å². The molecule has 34 heavy (non-hydrogen) atoms. The number of carboxylic acids is 1. The maximum atomic E-state index is 13.3. The highest BCUT2D eigenvalue weighted by Crippen LogP contribution is 2.38. The molecule has 2 aliphatic rings. The largest absolute Gasteiger partial charge is 0.509 e. The summed E-state index contributed by atoms with van der Waals surface area (Å²) in [6, 6.07) is 12.9. The van der Waals surface area contributed by atoms with Crippen LogP contribution in [0.4, 0.5) is 5.69 Å². The first-order valence-electron chi connectivity index (χ1n) is 10.1. The Morgan fingerprint density at radius 3 is 2.32 bits per heavy atom. The molecule has 1 fully saturated rings. The fourth-order valence-electron chi connectivity index (χ4n) is 3.99. The Kier molecular flexibility index (Phi) is 6.16. The maximum absolute atomic E-state index is 13.3. The highest BCUT2D eigenvalue weighted by atomic mass is 32.2. The van der Waals surface area contributed by atoms with E-state index < -0.39 is 61.6 Å². The molecule has 11 nitrogen and oxygen atoms in total. The van der Waals surface area contributed by atoms with Gasteiger partial charge < -0.3 is 15.5 Å². The number of non-ortho nitro benzene ring substituents is 1. The van der Waals surface area contributed by atoms with Gasteiger partial charge in [0.25, 0.3) is 11.6 Å². The Morgan fingerprint density at radius 1 is 1.09 bits per heavy atom. The van der Waals surface area contributed by atoms with E-state index in [1.165, 1.54) is 24.3 Å². The van der Waals surface area contributed by atoms with Crippen LogP contribution in [0.1, 0.15) is 11.1 Å². The van der Waals surface area contributed by atoms with E-state index in [9.17, 15) is 38.9 Å². The normalized spacial score (nSPS) is 23.6. The van der Waals surface area contributed by atoms with E-state index in [4.69, 9.17) is 0 Å². The van der Waals surface area contributed by atoms with Crippen LogP contribution in [0.25, 0.3) is 0 Å². The summed E-state index contributed by atoms with van der Waals surface area (Å²) in [4.78, 5) is 48.0. The van der Waals surface area contributed by atoms with Gasteiger partial charge >= 0.3 is 5.97 Å². The second kappa shape index (κ2) is 9.06. The lowest BCUT2D eigenvalue weighted by atomic mass is 10.0. The SMILES string of the molecule is O=C(Cc1ccccc1)NC1C(=O)N2C(C(=O)O)=C(O)C(Cc3ccc([N+](=O)[O-])cc3)S(=O)[C@H]12. The van der Waals surface area contributed by atoms with Crippen molar-refractivity contribution in [2.45, 2.75) is 29.5 Å². The molecule has 2 amide bonds. The fraction of sp³-hybridized carbons (Fsp3) is 0.227. The molecule has 2 aliphatic heterocycles. The van der Waals surface area contributed by atoms with E-state index in [2.05, 4.69) is 5.32 Å². The molecule has 0 saturated carbocycles. The van der Waals surface area contributed by atoms with Crippen molar-refractivity contribution in [1.29, 1.82) is 0 Å². The van der Waals surface area contributed by atoms with Crippen molar-refractivity contribution in [3.63, 3.8) is 0 Å². The molecule has 2 heterocycles. The molecular formula is C22H19N3O8S. The summed E-state index contributed by atoms with van der Waals surface area (Å²) < 4.78 is 13.3. The number of fused-ring (bicyclic) bond motifs is 1. The topological polar surface area (TPSA) is 167 Å². The van der Waals surface area contributed by atoms with Gasteiger partial charge in [0.05, 0.1) is 22.1 Å². The van der Waals surface area contributed by atoms with Crippen molar-refractivity contribution in [1.82, 2.24) is 10.2 Å². The van der Waals surface area contributed by atoms with Crippen molar-refractivity contribution in [2.24, 2.45) is 0 Å². The number of nitro groups is 1. The number of aliphatic hydroxyl groups is 1. The molecule has 0 radical (unpaired) electrons. The van der Waals surface area contributed by atoms with Crippen LogP contribution in [0, 0.1) is 10.1 Å². The molecule has 4 atom stereocenters. The minimum absolute atomic E-state index is 0.0247. The first-order valence-corrected chi connectivity index (χ1v) is 11.4. The number of amides is 2. The Hall–Kier alpha value is -4.06. The van der Waals surface area contributed by atoms with Gasteiger partial charge in [-0.3, -0.25) is 28.8 Å². The van der Waals surface area contributed by atoms with Crippen LogP contribution >= 0.6 is 0 Å². The van der Waals surface area contributed by atoms with Crippen molar-refractivity contribution in [3.8, 4) is 0 Å². The maximum Gasteiger partial charge on any atom is 0.356 e. The van der Waals surface area contributed by atoms with Crippen LogP contribution in [0.3, 0.4) is 0 Å². The van der Waals surface area contributed by atoms with Gasteiger partial charge in [-0.15, -0.1) is 0 Å². The third-order valence-corrected chi connectivity index (χ3v) is 7.55. The molecule has 2 aromatic carbocycles. The number of carboxylic acid groups (broad SMARTS) is 1. The van der Waals surface area contributed by atoms with Gasteiger partial charge in [-0.1, -0.05) is 42.5 Å². The molecule has 3 unspecified atom stereocenters. The molecular weight excluding hydrogens is 466 g/mol. The van der Waals surface area contributed by atoms with Crippen LogP contribution < -0.4 is 5.32 Å². The summed E-state index contributed by atoms with van der Waals surface area (Å²) in [5, 5.41) is 31.2. The number of aliphatic hydroxyl groups excluding tert-OH is 1. The minimum atomic E-state index is -1.98. The number of benzene rings is 2. The van der Waals surface area contributed by atoms with Crippen molar-refractivity contribution in [2.75, 3.05) is 0 Å². The number of carbonyl (C=O) groups is 3. The molecule has 2 aromatic rings. The quantitative estimate of drug-likeness (QED) is 0.297. The third-order valence-electron chi connectivity index (χ3n) is 5.64. The second-order valence-electron chi connectivity index (χ2n) is 7.79. The Bertz CT molecular complexity index is 1230. The number of hydrogen-bond acceptors (Lipinski definition) is 7. The molecule has 3 N–H and O–H groups in total. The zero-order chi connectivity index (χ0) is 24.6.